The summed E-state index contributed by atoms with van der Waals surface area (Å²) in [5, 5.41) is 7.74. The minimum atomic E-state index is 0.457. The second-order valence-corrected chi connectivity index (χ2v) is 4.05. The highest BCUT2D eigenvalue weighted by atomic mass is 16.5. The SMILES string of the molecule is CCCn1cc(NC2CCCOC2)cn1. The maximum absolute atomic E-state index is 5.42. The Morgan fingerprint density at radius 1 is 1.67 bits per heavy atom. The third-order valence-electron chi connectivity index (χ3n) is 2.62. The smallest absolute Gasteiger partial charge is 0.0729 e. The van der Waals surface area contributed by atoms with E-state index in [1.165, 1.54) is 6.42 Å². The minimum Gasteiger partial charge on any atom is -0.379 e. The van der Waals surface area contributed by atoms with Gasteiger partial charge in [0.2, 0.25) is 0 Å². The van der Waals surface area contributed by atoms with Gasteiger partial charge in [-0.2, -0.15) is 5.10 Å². The highest BCUT2D eigenvalue weighted by Gasteiger charge is 2.13. The number of ether oxygens (including phenoxy) is 1. The van der Waals surface area contributed by atoms with Crippen molar-refractivity contribution in [2.75, 3.05) is 18.5 Å². The molecule has 1 fully saturated rings. The standard InChI is InChI=1S/C11H19N3O/c1-2-5-14-8-11(7-12-14)13-10-4-3-6-15-9-10/h7-8,10,13H,2-6,9H2,1H3. The zero-order valence-corrected chi connectivity index (χ0v) is 9.28. The fraction of sp³-hybridized carbons (Fsp3) is 0.727. The third-order valence-corrected chi connectivity index (χ3v) is 2.62. The van der Waals surface area contributed by atoms with E-state index in [2.05, 4.69) is 23.5 Å². The number of anilines is 1. The van der Waals surface area contributed by atoms with Gasteiger partial charge in [0.1, 0.15) is 0 Å². The van der Waals surface area contributed by atoms with Crippen molar-refractivity contribution in [2.45, 2.75) is 38.8 Å². The summed E-state index contributed by atoms with van der Waals surface area (Å²) in [5.41, 5.74) is 1.11. The van der Waals surface area contributed by atoms with Crippen LogP contribution in [0.1, 0.15) is 26.2 Å². The zero-order chi connectivity index (χ0) is 10.5. The van der Waals surface area contributed by atoms with Gasteiger partial charge in [0.05, 0.1) is 18.5 Å². The van der Waals surface area contributed by atoms with Crippen LogP contribution in [0.2, 0.25) is 0 Å². The molecule has 0 aliphatic carbocycles. The molecule has 1 aliphatic rings. The van der Waals surface area contributed by atoms with Gasteiger partial charge in [-0.25, -0.2) is 0 Å². The topological polar surface area (TPSA) is 39.1 Å². The Hall–Kier alpha value is -1.03. The van der Waals surface area contributed by atoms with E-state index in [-0.39, 0.29) is 0 Å². The van der Waals surface area contributed by atoms with Gasteiger partial charge in [-0.15, -0.1) is 0 Å². The largest absolute Gasteiger partial charge is 0.379 e. The maximum atomic E-state index is 5.42. The molecule has 0 radical (unpaired) electrons. The minimum absolute atomic E-state index is 0.457. The molecule has 1 N–H and O–H groups in total. The molecule has 1 aliphatic heterocycles. The lowest BCUT2D eigenvalue weighted by Crippen LogP contribution is -2.29. The summed E-state index contributed by atoms with van der Waals surface area (Å²) in [7, 11) is 0. The highest BCUT2D eigenvalue weighted by Crippen LogP contribution is 2.13. The fourth-order valence-electron chi connectivity index (χ4n) is 1.88. The van der Waals surface area contributed by atoms with Gasteiger partial charge < -0.3 is 10.1 Å². The summed E-state index contributed by atoms with van der Waals surface area (Å²) in [6.07, 6.45) is 7.43. The maximum Gasteiger partial charge on any atom is 0.0729 e. The lowest BCUT2D eigenvalue weighted by molar-refractivity contribution is 0.0876. The van der Waals surface area contributed by atoms with Crippen LogP contribution < -0.4 is 5.32 Å². The van der Waals surface area contributed by atoms with E-state index in [1.807, 2.05) is 10.9 Å². The predicted octanol–water partition coefficient (Wildman–Crippen LogP) is 1.88. The molecule has 1 aromatic rings. The molecule has 1 atom stereocenters. The van der Waals surface area contributed by atoms with E-state index in [0.29, 0.717) is 6.04 Å². The fourth-order valence-corrected chi connectivity index (χ4v) is 1.88. The van der Waals surface area contributed by atoms with E-state index in [0.717, 1.165) is 38.3 Å². The summed E-state index contributed by atoms with van der Waals surface area (Å²) >= 11 is 0. The van der Waals surface area contributed by atoms with Gasteiger partial charge in [0.25, 0.3) is 0 Å². The van der Waals surface area contributed by atoms with Crippen LogP contribution in [-0.4, -0.2) is 29.0 Å². The Balaban J connectivity index is 1.86. The van der Waals surface area contributed by atoms with Crippen molar-refractivity contribution in [1.82, 2.24) is 9.78 Å². The zero-order valence-electron chi connectivity index (χ0n) is 9.28. The second-order valence-electron chi connectivity index (χ2n) is 4.05. The van der Waals surface area contributed by atoms with Gasteiger partial charge >= 0.3 is 0 Å². The number of nitrogens with one attached hydrogen (secondary N) is 1. The Labute approximate surface area is 90.6 Å². The third kappa shape index (κ3) is 2.96. The second kappa shape index (κ2) is 5.16. The average molecular weight is 209 g/mol. The number of hydrogen-bond acceptors (Lipinski definition) is 3. The first-order chi connectivity index (χ1) is 7.38. The first-order valence-corrected chi connectivity index (χ1v) is 5.75. The van der Waals surface area contributed by atoms with Gasteiger partial charge in [0, 0.05) is 25.4 Å². The van der Waals surface area contributed by atoms with Crippen LogP contribution >= 0.6 is 0 Å². The van der Waals surface area contributed by atoms with E-state index >= 15 is 0 Å². The van der Waals surface area contributed by atoms with Crippen LogP contribution in [0, 0.1) is 0 Å². The van der Waals surface area contributed by atoms with Crippen molar-refractivity contribution >= 4 is 5.69 Å². The molecule has 0 spiro atoms. The van der Waals surface area contributed by atoms with Crippen LogP contribution in [0.3, 0.4) is 0 Å². The van der Waals surface area contributed by atoms with Crippen LogP contribution in [0.25, 0.3) is 0 Å². The summed E-state index contributed by atoms with van der Waals surface area (Å²) in [6.45, 7) is 4.87. The number of rotatable bonds is 4. The summed E-state index contributed by atoms with van der Waals surface area (Å²) in [6, 6.07) is 0.457. The first kappa shape index (κ1) is 10.5. The predicted molar refractivity (Wildman–Crippen MR) is 60.0 cm³/mol. The summed E-state index contributed by atoms with van der Waals surface area (Å²) in [4.78, 5) is 0. The van der Waals surface area contributed by atoms with Crippen molar-refractivity contribution in [2.24, 2.45) is 0 Å². The molecule has 1 aromatic heterocycles. The molecule has 0 saturated carbocycles. The van der Waals surface area contributed by atoms with Crippen LogP contribution in [0.15, 0.2) is 12.4 Å². The Bertz CT molecular complexity index is 292. The van der Waals surface area contributed by atoms with Crippen molar-refractivity contribution < 1.29 is 4.74 Å². The lowest BCUT2D eigenvalue weighted by Gasteiger charge is -2.23. The molecule has 4 heteroatoms. The molecular formula is C11H19N3O. The Kier molecular flexibility index (Phi) is 3.61. The van der Waals surface area contributed by atoms with E-state index in [1.54, 1.807) is 0 Å². The summed E-state index contributed by atoms with van der Waals surface area (Å²) in [5.74, 6) is 0. The van der Waals surface area contributed by atoms with Gasteiger partial charge in [-0.1, -0.05) is 6.92 Å². The molecule has 2 heterocycles. The van der Waals surface area contributed by atoms with Gasteiger partial charge in [0.15, 0.2) is 0 Å². The van der Waals surface area contributed by atoms with Gasteiger partial charge in [-0.05, 0) is 19.3 Å². The van der Waals surface area contributed by atoms with Crippen molar-refractivity contribution in [1.29, 1.82) is 0 Å². The van der Waals surface area contributed by atoms with Crippen LogP contribution in [0.4, 0.5) is 5.69 Å². The Morgan fingerprint density at radius 3 is 3.33 bits per heavy atom. The molecule has 1 saturated heterocycles. The van der Waals surface area contributed by atoms with E-state index < -0.39 is 0 Å². The lowest BCUT2D eigenvalue weighted by atomic mass is 10.1. The number of nitrogens with zero attached hydrogens (tertiary/aromatic N) is 2. The first-order valence-electron chi connectivity index (χ1n) is 5.75. The highest BCUT2D eigenvalue weighted by molar-refractivity contribution is 5.39. The van der Waals surface area contributed by atoms with Crippen LogP contribution in [-0.2, 0) is 11.3 Å². The van der Waals surface area contributed by atoms with E-state index in [9.17, 15) is 0 Å². The molecule has 1 unspecified atom stereocenters. The number of aryl methyl sites for hydroxylation is 1. The number of hydrogen-bond donors (Lipinski definition) is 1. The van der Waals surface area contributed by atoms with E-state index in [4.69, 9.17) is 4.74 Å². The quantitative estimate of drug-likeness (QED) is 0.823. The molecular weight excluding hydrogens is 190 g/mol. The molecule has 0 bridgehead atoms. The monoisotopic (exact) mass is 209 g/mol. The molecule has 0 amide bonds. The normalized spacial score (nSPS) is 21.5. The molecule has 2 rings (SSSR count). The van der Waals surface area contributed by atoms with Crippen molar-refractivity contribution in [3.8, 4) is 0 Å². The van der Waals surface area contributed by atoms with Gasteiger partial charge in [-0.3, -0.25) is 4.68 Å². The van der Waals surface area contributed by atoms with Crippen molar-refractivity contribution in [3.05, 3.63) is 12.4 Å². The number of aromatic nitrogens is 2. The summed E-state index contributed by atoms with van der Waals surface area (Å²) < 4.78 is 7.40. The average Bonchev–Trinajstić information content (AvgIpc) is 2.68. The molecule has 4 nitrogen and oxygen atoms in total. The molecule has 84 valence electrons. The molecule has 0 aromatic carbocycles. The van der Waals surface area contributed by atoms with Crippen molar-refractivity contribution in [3.63, 3.8) is 0 Å². The molecule has 15 heavy (non-hydrogen) atoms. The Morgan fingerprint density at radius 2 is 2.60 bits per heavy atom. The van der Waals surface area contributed by atoms with Crippen LogP contribution in [0.5, 0.6) is 0 Å².